The number of piperidine rings is 1. The van der Waals surface area contributed by atoms with Gasteiger partial charge >= 0.3 is 0 Å². The van der Waals surface area contributed by atoms with Crippen molar-refractivity contribution in [2.45, 2.75) is 26.2 Å². The molecule has 0 atom stereocenters. The lowest BCUT2D eigenvalue weighted by atomic mass is 9.99. The second-order valence-electron chi connectivity index (χ2n) is 6.19. The van der Waals surface area contributed by atoms with Gasteiger partial charge in [0.1, 0.15) is 0 Å². The van der Waals surface area contributed by atoms with E-state index in [1.54, 1.807) is 12.1 Å². The van der Waals surface area contributed by atoms with Crippen molar-refractivity contribution in [3.05, 3.63) is 35.4 Å². The number of likely N-dealkylation sites (tertiary alicyclic amines) is 1. The molecule has 4 nitrogen and oxygen atoms in total. The van der Waals surface area contributed by atoms with E-state index >= 15 is 0 Å². The van der Waals surface area contributed by atoms with E-state index in [4.69, 9.17) is 0 Å². The molecule has 3 rings (SSSR count). The highest BCUT2D eigenvalue weighted by Gasteiger charge is 2.34. The van der Waals surface area contributed by atoms with Crippen molar-refractivity contribution >= 4 is 11.8 Å². The number of carbonyl (C=O) groups excluding carboxylic acids is 2. The van der Waals surface area contributed by atoms with Crippen molar-refractivity contribution in [2.24, 2.45) is 5.92 Å². The maximum atomic E-state index is 12.2. The SMILES string of the molecule is CC1CCN(CCCN2C(=O)c3ccccc3C2=O)CC1. The van der Waals surface area contributed by atoms with E-state index in [-0.39, 0.29) is 11.8 Å². The van der Waals surface area contributed by atoms with Crippen LogP contribution in [0.25, 0.3) is 0 Å². The molecule has 1 aromatic carbocycles. The monoisotopic (exact) mass is 286 g/mol. The molecule has 4 heteroatoms. The Morgan fingerprint density at radius 3 is 2.14 bits per heavy atom. The summed E-state index contributed by atoms with van der Waals surface area (Å²) in [5.41, 5.74) is 1.10. The second-order valence-corrected chi connectivity index (χ2v) is 6.19. The molecule has 0 spiro atoms. The summed E-state index contributed by atoms with van der Waals surface area (Å²) in [5, 5.41) is 0. The molecule has 0 unspecified atom stereocenters. The first-order valence-corrected chi connectivity index (χ1v) is 7.84. The van der Waals surface area contributed by atoms with Gasteiger partial charge in [-0.1, -0.05) is 19.1 Å². The molecule has 0 saturated carbocycles. The predicted molar refractivity (Wildman–Crippen MR) is 81.3 cm³/mol. The first kappa shape index (κ1) is 14.3. The summed E-state index contributed by atoms with van der Waals surface area (Å²) in [5.74, 6) is 0.559. The lowest BCUT2D eigenvalue weighted by Crippen LogP contribution is -2.36. The summed E-state index contributed by atoms with van der Waals surface area (Å²) >= 11 is 0. The number of hydrogen-bond donors (Lipinski definition) is 0. The van der Waals surface area contributed by atoms with Crippen LogP contribution in [-0.2, 0) is 0 Å². The molecule has 1 saturated heterocycles. The molecular weight excluding hydrogens is 264 g/mol. The molecule has 2 heterocycles. The van der Waals surface area contributed by atoms with E-state index in [1.807, 2.05) is 12.1 Å². The lowest BCUT2D eigenvalue weighted by molar-refractivity contribution is 0.0645. The first-order chi connectivity index (χ1) is 10.2. The Bertz CT molecular complexity index is 512. The van der Waals surface area contributed by atoms with Gasteiger partial charge in [0.2, 0.25) is 0 Å². The minimum Gasteiger partial charge on any atom is -0.303 e. The number of imide groups is 1. The Morgan fingerprint density at radius 2 is 1.57 bits per heavy atom. The molecule has 0 radical (unpaired) electrons. The Morgan fingerprint density at radius 1 is 1.00 bits per heavy atom. The highest BCUT2D eigenvalue weighted by atomic mass is 16.2. The second kappa shape index (κ2) is 5.98. The topological polar surface area (TPSA) is 40.6 Å². The number of hydrogen-bond acceptors (Lipinski definition) is 3. The van der Waals surface area contributed by atoms with Gasteiger partial charge in [-0.3, -0.25) is 14.5 Å². The fraction of sp³-hybridized carbons (Fsp3) is 0.529. The van der Waals surface area contributed by atoms with Gasteiger partial charge in [0.15, 0.2) is 0 Å². The van der Waals surface area contributed by atoms with E-state index in [9.17, 15) is 9.59 Å². The molecule has 0 N–H and O–H groups in total. The third-order valence-electron chi connectivity index (χ3n) is 4.61. The van der Waals surface area contributed by atoms with Crippen molar-refractivity contribution in [2.75, 3.05) is 26.2 Å². The largest absolute Gasteiger partial charge is 0.303 e. The number of amides is 2. The van der Waals surface area contributed by atoms with Crippen LogP contribution in [0.3, 0.4) is 0 Å². The summed E-state index contributed by atoms with van der Waals surface area (Å²) in [7, 11) is 0. The fourth-order valence-corrected chi connectivity index (χ4v) is 3.18. The van der Waals surface area contributed by atoms with Gasteiger partial charge in [-0.05, 0) is 56.9 Å². The maximum Gasteiger partial charge on any atom is 0.261 e. The summed E-state index contributed by atoms with van der Waals surface area (Å²) < 4.78 is 0. The molecule has 21 heavy (non-hydrogen) atoms. The van der Waals surface area contributed by atoms with Crippen molar-refractivity contribution in [1.82, 2.24) is 9.80 Å². The summed E-state index contributed by atoms with van der Waals surface area (Å²) in [4.78, 5) is 28.3. The predicted octanol–water partition coefficient (Wildman–Crippen LogP) is 2.40. The van der Waals surface area contributed by atoms with Gasteiger partial charge in [0.05, 0.1) is 11.1 Å². The third-order valence-corrected chi connectivity index (χ3v) is 4.61. The van der Waals surface area contributed by atoms with Gasteiger partial charge in [-0.2, -0.15) is 0 Å². The fourth-order valence-electron chi connectivity index (χ4n) is 3.18. The van der Waals surface area contributed by atoms with Gasteiger partial charge in [-0.15, -0.1) is 0 Å². The molecule has 1 aromatic rings. The van der Waals surface area contributed by atoms with Crippen molar-refractivity contribution < 1.29 is 9.59 Å². The van der Waals surface area contributed by atoms with Crippen LogP contribution >= 0.6 is 0 Å². The maximum absolute atomic E-state index is 12.2. The Labute approximate surface area is 125 Å². The number of fused-ring (bicyclic) bond motifs is 1. The minimum absolute atomic E-state index is 0.136. The van der Waals surface area contributed by atoms with Crippen LogP contribution in [0.2, 0.25) is 0 Å². The minimum atomic E-state index is -0.136. The van der Waals surface area contributed by atoms with Crippen LogP contribution in [0.15, 0.2) is 24.3 Å². The standard InChI is InChI=1S/C17H22N2O2/c1-13-7-11-18(12-8-13)9-4-10-19-16(20)14-5-2-3-6-15(14)17(19)21/h2-3,5-6,13H,4,7-12H2,1H3. The molecule has 0 aliphatic carbocycles. The smallest absolute Gasteiger partial charge is 0.261 e. The average molecular weight is 286 g/mol. The van der Waals surface area contributed by atoms with Crippen molar-refractivity contribution in [3.8, 4) is 0 Å². The first-order valence-electron chi connectivity index (χ1n) is 7.84. The van der Waals surface area contributed by atoms with Crippen LogP contribution in [-0.4, -0.2) is 47.8 Å². The van der Waals surface area contributed by atoms with Crippen LogP contribution < -0.4 is 0 Å². The van der Waals surface area contributed by atoms with Crippen LogP contribution in [0, 0.1) is 5.92 Å². The van der Waals surface area contributed by atoms with Crippen LogP contribution in [0.4, 0.5) is 0 Å². The number of rotatable bonds is 4. The van der Waals surface area contributed by atoms with Gasteiger partial charge < -0.3 is 4.90 Å². The van der Waals surface area contributed by atoms with Gasteiger partial charge in [0.25, 0.3) is 11.8 Å². The summed E-state index contributed by atoms with van der Waals surface area (Å²) in [6.07, 6.45) is 3.37. The molecule has 0 bridgehead atoms. The molecule has 2 aliphatic heterocycles. The number of benzene rings is 1. The van der Waals surface area contributed by atoms with E-state index in [2.05, 4.69) is 11.8 Å². The van der Waals surface area contributed by atoms with E-state index in [0.717, 1.165) is 32.0 Å². The van der Waals surface area contributed by atoms with Crippen molar-refractivity contribution in [1.29, 1.82) is 0 Å². The zero-order chi connectivity index (χ0) is 14.8. The number of nitrogens with zero attached hydrogens (tertiary/aromatic N) is 2. The third kappa shape index (κ3) is 2.86. The lowest BCUT2D eigenvalue weighted by Gasteiger charge is -2.30. The van der Waals surface area contributed by atoms with Gasteiger partial charge in [-0.25, -0.2) is 0 Å². The van der Waals surface area contributed by atoms with Crippen molar-refractivity contribution in [3.63, 3.8) is 0 Å². The normalized spacial score (nSPS) is 20.1. The molecular formula is C17H22N2O2. The highest BCUT2D eigenvalue weighted by Crippen LogP contribution is 2.22. The summed E-state index contributed by atoms with van der Waals surface area (Å²) in [6.45, 7) is 6.08. The molecule has 0 aromatic heterocycles. The molecule has 2 aliphatic rings. The van der Waals surface area contributed by atoms with Gasteiger partial charge in [0, 0.05) is 6.54 Å². The molecule has 2 amide bonds. The van der Waals surface area contributed by atoms with E-state index in [0.29, 0.717) is 17.7 Å². The highest BCUT2D eigenvalue weighted by molar-refractivity contribution is 6.21. The van der Waals surface area contributed by atoms with Crippen LogP contribution in [0.5, 0.6) is 0 Å². The summed E-state index contributed by atoms with van der Waals surface area (Å²) in [6, 6.07) is 7.09. The Kier molecular flexibility index (Phi) is 4.06. The van der Waals surface area contributed by atoms with Crippen LogP contribution in [0.1, 0.15) is 46.9 Å². The molecule has 1 fully saturated rings. The average Bonchev–Trinajstić information content (AvgIpc) is 2.75. The quantitative estimate of drug-likeness (QED) is 0.798. The Balaban J connectivity index is 1.53. The number of carbonyl (C=O) groups is 2. The molecule has 112 valence electrons. The Hall–Kier alpha value is -1.68. The zero-order valence-electron chi connectivity index (χ0n) is 12.5. The van der Waals surface area contributed by atoms with E-state index < -0.39 is 0 Å². The zero-order valence-corrected chi connectivity index (χ0v) is 12.5. The van der Waals surface area contributed by atoms with E-state index in [1.165, 1.54) is 17.7 Å².